The van der Waals surface area contributed by atoms with Crippen molar-refractivity contribution in [2.45, 2.75) is 6.04 Å². The summed E-state index contributed by atoms with van der Waals surface area (Å²) in [6, 6.07) is 7.08. The predicted molar refractivity (Wildman–Crippen MR) is 91.5 cm³/mol. The molecule has 0 bridgehead atoms. The molecule has 0 spiro atoms. The number of hydrogen-bond acceptors (Lipinski definition) is 6. The number of nitrogens with one attached hydrogen (secondary N) is 1. The number of anilines is 1. The van der Waals surface area contributed by atoms with Gasteiger partial charge in [0, 0.05) is 26.5 Å². The molecule has 1 N–H and O–H groups in total. The Balaban J connectivity index is 2.05. The third-order valence-electron chi connectivity index (χ3n) is 3.94. The Morgan fingerprint density at radius 2 is 1.92 bits per heavy atom. The molecule has 1 atom stereocenters. The van der Waals surface area contributed by atoms with Crippen LogP contribution in [-0.2, 0) is 14.1 Å². The number of nitro groups is 1. The Kier molecular flexibility index (Phi) is 4.38. The van der Waals surface area contributed by atoms with Crippen molar-refractivity contribution < 1.29 is 9.66 Å². The smallest absolute Gasteiger partial charge is 0.406 e. The SMILES string of the molecule is COc1ccc(C(Nc2c([N+](=O)[O-])ncn2C)c2nccn2C)cc1. The van der Waals surface area contributed by atoms with E-state index in [1.165, 1.54) is 6.33 Å². The van der Waals surface area contributed by atoms with Crippen molar-refractivity contribution in [2.75, 3.05) is 12.4 Å². The van der Waals surface area contributed by atoms with E-state index in [2.05, 4.69) is 15.3 Å². The van der Waals surface area contributed by atoms with Crippen LogP contribution in [0.15, 0.2) is 43.0 Å². The number of benzene rings is 1. The maximum atomic E-state index is 11.2. The van der Waals surface area contributed by atoms with E-state index in [4.69, 9.17) is 4.74 Å². The van der Waals surface area contributed by atoms with E-state index in [1.807, 2.05) is 42.1 Å². The van der Waals surface area contributed by atoms with E-state index in [9.17, 15) is 10.1 Å². The van der Waals surface area contributed by atoms with Crippen molar-refractivity contribution in [2.24, 2.45) is 14.1 Å². The van der Waals surface area contributed by atoms with Crippen molar-refractivity contribution >= 4 is 11.6 Å². The van der Waals surface area contributed by atoms with Crippen LogP contribution in [0.2, 0.25) is 0 Å². The van der Waals surface area contributed by atoms with Gasteiger partial charge in [0.2, 0.25) is 12.1 Å². The largest absolute Gasteiger partial charge is 0.497 e. The summed E-state index contributed by atoms with van der Waals surface area (Å²) in [6.45, 7) is 0. The molecule has 0 aliphatic rings. The van der Waals surface area contributed by atoms with E-state index in [1.54, 1.807) is 24.9 Å². The van der Waals surface area contributed by atoms with Gasteiger partial charge in [-0.2, -0.15) is 0 Å². The highest BCUT2D eigenvalue weighted by atomic mass is 16.6. The fraction of sp³-hybridized carbons (Fsp3) is 0.250. The second kappa shape index (κ2) is 6.63. The summed E-state index contributed by atoms with van der Waals surface area (Å²) in [5.74, 6) is 1.54. The molecule has 1 aromatic carbocycles. The van der Waals surface area contributed by atoms with E-state index in [-0.39, 0.29) is 11.9 Å². The molecular formula is C16H18N6O3. The predicted octanol–water partition coefficient (Wildman–Crippen LogP) is 2.27. The molecule has 0 radical (unpaired) electrons. The lowest BCUT2D eigenvalue weighted by Gasteiger charge is -2.20. The van der Waals surface area contributed by atoms with Gasteiger partial charge in [-0.05, 0) is 27.6 Å². The Labute approximate surface area is 144 Å². The molecule has 0 saturated carbocycles. The molecule has 3 rings (SSSR count). The molecule has 0 fully saturated rings. The minimum absolute atomic E-state index is 0.227. The zero-order valence-electron chi connectivity index (χ0n) is 14.1. The number of imidazole rings is 2. The van der Waals surface area contributed by atoms with Crippen molar-refractivity contribution in [3.8, 4) is 5.75 Å². The molecule has 2 aromatic heterocycles. The van der Waals surface area contributed by atoms with Gasteiger partial charge < -0.3 is 24.7 Å². The first-order valence-corrected chi connectivity index (χ1v) is 7.54. The Morgan fingerprint density at radius 1 is 1.20 bits per heavy atom. The summed E-state index contributed by atoms with van der Waals surface area (Å²) in [7, 11) is 5.17. The second-order valence-electron chi connectivity index (χ2n) is 5.53. The van der Waals surface area contributed by atoms with E-state index >= 15 is 0 Å². The first-order valence-electron chi connectivity index (χ1n) is 7.54. The van der Waals surface area contributed by atoms with Crippen LogP contribution in [0.5, 0.6) is 5.75 Å². The molecular weight excluding hydrogens is 324 g/mol. The van der Waals surface area contributed by atoms with Crippen LogP contribution >= 0.6 is 0 Å². The molecule has 9 heteroatoms. The molecule has 130 valence electrons. The zero-order valence-corrected chi connectivity index (χ0v) is 14.1. The van der Waals surface area contributed by atoms with Crippen LogP contribution < -0.4 is 10.1 Å². The van der Waals surface area contributed by atoms with Gasteiger partial charge in [-0.15, -0.1) is 0 Å². The maximum Gasteiger partial charge on any atom is 0.406 e. The molecule has 9 nitrogen and oxygen atoms in total. The molecule has 2 heterocycles. The normalized spacial score (nSPS) is 12.0. The van der Waals surface area contributed by atoms with Gasteiger partial charge in [0.15, 0.2) is 0 Å². The van der Waals surface area contributed by atoms with Gasteiger partial charge in [-0.1, -0.05) is 12.1 Å². The average Bonchev–Trinajstić information content (AvgIpc) is 3.19. The number of aryl methyl sites for hydroxylation is 2. The first-order chi connectivity index (χ1) is 12.0. The van der Waals surface area contributed by atoms with Gasteiger partial charge in [-0.3, -0.25) is 4.57 Å². The summed E-state index contributed by atoms with van der Waals surface area (Å²) in [6.07, 6.45) is 4.92. The van der Waals surface area contributed by atoms with Crippen LogP contribution in [0.1, 0.15) is 17.4 Å². The topological polar surface area (TPSA) is 100 Å². The number of rotatable bonds is 6. The Morgan fingerprint density at radius 3 is 2.48 bits per heavy atom. The highest BCUT2D eigenvalue weighted by molar-refractivity contribution is 5.55. The summed E-state index contributed by atoms with van der Waals surface area (Å²) in [5.41, 5.74) is 0.894. The third kappa shape index (κ3) is 3.16. The highest BCUT2D eigenvalue weighted by Crippen LogP contribution is 2.30. The van der Waals surface area contributed by atoms with E-state index in [0.29, 0.717) is 5.82 Å². The van der Waals surface area contributed by atoms with Gasteiger partial charge in [0.1, 0.15) is 17.6 Å². The fourth-order valence-corrected chi connectivity index (χ4v) is 2.60. The highest BCUT2D eigenvalue weighted by Gasteiger charge is 2.26. The molecule has 0 aliphatic carbocycles. The first kappa shape index (κ1) is 16.5. The molecule has 1 unspecified atom stereocenters. The number of methoxy groups -OCH3 is 1. The third-order valence-corrected chi connectivity index (χ3v) is 3.94. The molecule has 3 aromatic rings. The second-order valence-corrected chi connectivity index (χ2v) is 5.53. The van der Waals surface area contributed by atoms with Crippen LogP contribution in [0, 0.1) is 10.1 Å². The number of ether oxygens (including phenoxy) is 1. The zero-order chi connectivity index (χ0) is 18.0. The van der Waals surface area contributed by atoms with Crippen LogP contribution in [0.25, 0.3) is 0 Å². The molecule has 25 heavy (non-hydrogen) atoms. The minimum Gasteiger partial charge on any atom is -0.497 e. The number of nitrogens with zero attached hydrogens (tertiary/aromatic N) is 5. The van der Waals surface area contributed by atoms with Crippen molar-refractivity contribution in [1.82, 2.24) is 19.1 Å². The monoisotopic (exact) mass is 342 g/mol. The average molecular weight is 342 g/mol. The van der Waals surface area contributed by atoms with Crippen LogP contribution in [0.4, 0.5) is 11.6 Å². The summed E-state index contributed by atoms with van der Waals surface area (Å²) < 4.78 is 8.64. The quantitative estimate of drug-likeness (QED) is 0.545. The van der Waals surface area contributed by atoms with Gasteiger partial charge in [0.05, 0.1) is 7.11 Å². The van der Waals surface area contributed by atoms with Crippen LogP contribution in [0.3, 0.4) is 0 Å². The summed E-state index contributed by atoms with van der Waals surface area (Å²) in [5, 5.41) is 14.5. The van der Waals surface area contributed by atoms with E-state index < -0.39 is 4.92 Å². The van der Waals surface area contributed by atoms with Crippen molar-refractivity contribution in [3.05, 3.63) is 64.5 Å². The fourth-order valence-electron chi connectivity index (χ4n) is 2.60. The van der Waals surface area contributed by atoms with Gasteiger partial charge in [0.25, 0.3) is 0 Å². The molecule has 0 aliphatic heterocycles. The van der Waals surface area contributed by atoms with E-state index in [0.717, 1.165) is 17.1 Å². The Hall–Kier alpha value is -3.36. The van der Waals surface area contributed by atoms with Gasteiger partial charge in [-0.25, -0.2) is 4.98 Å². The summed E-state index contributed by atoms with van der Waals surface area (Å²) >= 11 is 0. The lowest BCUT2D eigenvalue weighted by Crippen LogP contribution is -2.18. The number of hydrogen-bond donors (Lipinski definition) is 1. The minimum atomic E-state index is -0.508. The molecule has 0 amide bonds. The number of aromatic nitrogens is 4. The van der Waals surface area contributed by atoms with Crippen LogP contribution in [-0.4, -0.2) is 31.1 Å². The lowest BCUT2D eigenvalue weighted by molar-refractivity contribution is -0.388. The Bertz CT molecular complexity index is 884. The molecule has 0 saturated heterocycles. The maximum absolute atomic E-state index is 11.2. The lowest BCUT2D eigenvalue weighted by atomic mass is 10.1. The van der Waals surface area contributed by atoms with Crippen molar-refractivity contribution in [3.63, 3.8) is 0 Å². The van der Waals surface area contributed by atoms with Crippen molar-refractivity contribution in [1.29, 1.82) is 0 Å². The van der Waals surface area contributed by atoms with Gasteiger partial charge >= 0.3 is 5.82 Å². The standard InChI is InChI=1S/C16H18N6O3/c1-20-9-8-17-14(20)13(11-4-6-12(25-3)7-5-11)19-16-15(22(23)24)18-10-21(16)2/h4-10,13,19H,1-3H3. The summed E-state index contributed by atoms with van der Waals surface area (Å²) in [4.78, 5) is 19.0.